The number of hydrogen-bond donors (Lipinski definition) is 2. The Morgan fingerprint density at radius 1 is 1.75 bits per heavy atom. The lowest BCUT2D eigenvalue weighted by Crippen LogP contribution is -2.26. The molecule has 68 valence electrons. The second kappa shape index (κ2) is 4.54. The second-order valence-corrected chi connectivity index (χ2v) is 3.66. The molecular weight excluding hydrogens is 174 g/mol. The van der Waals surface area contributed by atoms with Gasteiger partial charge >= 0.3 is 0 Å². The molecule has 0 amide bonds. The van der Waals surface area contributed by atoms with Gasteiger partial charge in [0.1, 0.15) is 5.76 Å². The summed E-state index contributed by atoms with van der Waals surface area (Å²) >= 11 is 1.61. The number of aliphatic hydroxyl groups excluding tert-OH is 1. The van der Waals surface area contributed by atoms with E-state index in [1.165, 1.54) is 0 Å². The molecule has 1 atom stereocenters. The maximum atomic E-state index is 8.67. The van der Waals surface area contributed by atoms with E-state index in [2.05, 4.69) is 0 Å². The van der Waals surface area contributed by atoms with Gasteiger partial charge in [-0.15, -0.1) is 11.8 Å². The van der Waals surface area contributed by atoms with Crippen LogP contribution < -0.4 is 5.73 Å². The van der Waals surface area contributed by atoms with Crippen molar-refractivity contribution >= 4 is 11.8 Å². The highest BCUT2D eigenvalue weighted by molar-refractivity contribution is 7.99. The summed E-state index contributed by atoms with van der Waals surface area (Å²) in [5.41, 5.74) is 5.54. The SMILES string of the molecule is Cc1occc1SCC(N)CO. The van der Waals surface area contributed by atoms with Gasteiger partial charge in [-0.05, 0) is 13.0 Å². The molecule has 0 saturated carbocycles. The summed E-state index contributed by atoms with van der Waals surface area (Å²) in [7, 11) is 0. The molecule has 0 fully saturated rings. The number of aliphatic hydroxyl groups is 1. The van der Waals surface area contributed by atoms with Gasteiger partial charge in [0.2, 0.25) is 0 Å². The lowest BCUT2D eigenvalue weighted by molar-refractivity contribution is 0.275. The normalized spacial score (nSPS) is 13.2. The molecular formula is C8H13NO2S. The molecule has 1 unspecified atom stereocenters. The molecule has 0 radical (unpaired) electrons. The fraction of sp³-hybridized carbons (Fsp3) is 0.500. The van der Waals surface area contributed by atoms with E-state index in [0.29, 0.717) is 0 Å². The molecule has 0 bridgehead atoms. The predicted molar refractivity (Wildman–Crippen MR) is 49.2 cm³/mol. The maximum Gasteiger partial charge on any atom is 0.114 e. The molecule has 0 aliphatic carbocycles. The monoisotopic (exact) mass is 187 g/mol. The number of nitrogens with two attached hydrogens (primary N) is 1. The Morgan fingerprint density at radius 3 is 3.00 bits per heavy atom. The van der Waals surface area contributed by atoms with Gasteiger partial charge in [0.25, 0.3) is 0 Å². The molecule has 1 rings (SSSR count). The summed E-state index contributed by atoms with van der Waals surface area (Å²) < 4.78 is 5.11. The van der Waals surface area contributed by atoms with Crippen LogP contribution in [0.3, 0.4) is 0 Å². The maximum absolute atomic E-state index is 8.67. The highest BCUT2D eigenvalue weighted by Crippen LogP contribution is 2.23. The van der Waals surface area contributed by atoms with Crippen molar-refractivity contribution in [2.45, 2.75) is 17.9 Å². The Hall–Kier alpha value is -0.450. The zero-order valence-corrected chi connectivity index (χ0v) is 7.80. The molecule has 1 aromatic rings. The van der Waals surface area contributed by atoms with Crippen LogP contribution in [0.25, 0.3) is 0 Å². The number of aryl methyl sites for hydroxylation is 1. The average molecular weight is 187 g/mol. The van der Waals surface area contributed by atoms with Gasteiger partial charge in [0.05, 0.1) is 12.9 Å². The van der Waals surface area contributed by atoms with Crippen LogP contribution in [-0.4, -0.2) is 23.5 Å². The molecule has 0 spiro atoms. The van der Waals surface area contributed by atoms with Crippen molar-refractivity contribution in [2.24, 2.45) is 5.73 Å². The van der Waals surface area contributed by atoms with E-state index in [4.69, 9.17) is 15.3 Å². The Labute approximate surface area is 75.9 Å². The van der Waals surface area contributed by atoms with Crippen molar-refractivity contribution in [3.8, 4) is 0 Å². The molecule has 0 aromatic carbocycles. The first kappa shape index (κ1) is 9.64. The van der Waals surface area contributed by atoms with Crippen LogP contribution in [0.15, 0.2) is 21.6 Å². The zero-order chi connectivity index (χ0) is 8.97. The topological polar surface area (TPSA) is 59.4 Å². The molecule has 0 aliphatic heterocycles. The summed E-state index contributed by atoms with van der Waals surface area (Å²) in [5.74, 6) is 1.63. The summed E-state index contributed by atoms with van der Waals surface area (Å²) in [6.07, 6.45) is 1.65. The minimum Gasteiger partial charge on any atom is -0.468 e. The minimum atomic E-state index is -0.149. The van der Waals surface area contributed by atoms with E-state index in [9.17, 15) is 0 Å². The Kier molecular flexibility index (Phi) is 3.65. The highest BCUT2D eigenvalue weighted by Gasteiger charge is 2.05. The van der Waals surface area contributed by atoms with E-state index in [1.54, 1.807) is 18.0 Å². The number of hydrogen-bond acceptors (Lipinski definition) is 4. The predicted octanol–water partition coefficient (Wildman–Crippen LogP) is 1.000. The average Bonchev–Trinajstić information content (AvgIpc) is 2.47. The number of rotatable bonds is 4. The van der Waals surface area contributed by atoms with Crippen molar-refractivity contribution in [3.63, 3.8) is 0 Å². The van der Waals surface area contributed by atoms with Crippen molar-refractivity contribution in [1.29, 1.82) is 0 Å². The van der Waals surface area contributed by atoms with Crippen LogP contribution >= 0.6 is 11.8 Å². The largest absolute Gasteiger partial charge is 0.468 e. The first-order chi connectivity index (χ1) is 5.74. The van der Waals surface area contributed by atoms with E-state index in [-0.39, 0.29) is 12.6 Å². The molecule has 3 nitrogen and oxygen atoms in total. The van der Waals surface area contributed by atoms with Crippen LogP contribution in [0.1, 0.15) is 5.76 Å². The van der Waals surface area contributed by atoms with Gasteiger partial charge in [-0.1, -0.05) is 0 Å². The Balaban J connectivity index is 2.38. The summed E-state index contributed by atoms with van der Waals surface area (Å²) in [4.78, 5) is 1.10. The van der Waals surface area contributed by atoms with Gasteiger partial charge in [0.15, 0.2) is 0 Å². The van der Waals surface area contributed by atoms with E-state index in [0.717, 1.165) is 16.4 Å². The third-order valence-corrected chi connectivity index (χ3v) is 2.83. The lowest BCUT2D eigenvalue weighted by atomic mass is 10.4. The number of thioether (sulfide) groups is 1. The van der Waals surface area contributed by atoms with Gasteiger partial charge < -0.3 is 15.3 Å². The van der Waals surface area contributed by atoms with E-state index >= 15 is 0 Å². The lowest BCUT2D eigenvalue weighted by Gasteiger charge is -2.05. The van der Waals surface area contributed by atoms with Crippen LogP contribution in [0.4, 0.5) is 0 Å². The zero-order valence-electron chi connectivity index (χ0n) is 6.99. The van der Waals surface area contributed by atoms with Crippen LogP contribution in [0.5, 0.6) is 0 Å². The summed E-state index contributed by atoms with van der Waals surface area (Å²) in [6.45, 7) is 1.94. The van der Waals surface area contributed by atoms with Crippen LogP contribution in [0.2, 0.25) is 0 Å². The Bertz CT molecular complexity index is 237. The van der Waals surface area contributed by atoms with Gasteiger partial charge in [-0.25, -0.2) is 0 Å². The molecule has 4 heteroatoms. The molecule has 3 N–H and O–H groups in total. The summed E-state index contributed by atoms with van der Waals surface area (Å²) in [6, 6.07) is 1.76. The molecule has 1 heterocycles. The van der Waals surface area contributed by atoms with Crippen molar-refractivity contribution in [1.82, 2.24) is 0 Å². The Morgan fingerprint density at radius 2 is 2.50 bits per heavy atom. The van der Waals surface area contributed by atoms with Gasteiger partial charge in [-0.3, -0.25) is 0 Å². The standard InChI is InChI=1S/C8H13NO2S/c1-6-8(2-3-11-6)12-5-7(9)4-10/h2-3,7,10H,4-5,9H2,1H3. The minimum absolute atomic E-state index is 0.0316. The second-order valence-electron chi connectivity index (χ2n) is 2.59. The fourth-order valence-corrected chi connectivity index (χ4v) is 1.67. The highest BCUT2D eigenvalue weighted by atomic mass is 32.2. The van der Waals surface area contributed by atoms with E-state index in [1.807, 2.05) is 13.0 Å². The van der Waals surface area contributed by atoms with Gasteiger partial charge in [0, 0.05) is 16.7 Å². The molecule has 0 saturated heterocycles. The first-order valence-corrected chi connectivity index (χ1v) is 4.76. The third kappa shape index (κ3) is 2.55. The van der Waals surface area contributed by atoms with Crippen molar-refractivity contribution < 1.29 is 9.52 Å². The summed E-state index contributed by atoms with van der Waals surface area (Å²) in [5, 5.41) is 8.67. The molecule has 1 aromatic heterocycles. The fourth-order valence-electron chi connectivity index (χ4n) is 0.773. The molecule has 0 aliphatic rings. The van der Waals surface area contributed by atoms with Crippen LogP contribution in [0, 0.1) is 6.92 Å². The van der Waals surface area contributed by atoms with E-state index < -0.39 is 0 Å². The van der Waals surface area contributed by atoms with Crippen molar-refractivity contribution in [2.75, 3.05) is 12.4 Å². The first-order valence-electron chi connectivity index (χ1n) is 3.77. The van der Waals surface area contributed by atoms with Gasteiger partial charge in [-0.2, -0.15) is 0 Å². The quantitative estimate of drug-likeness (QED) is 0.690. The third-order valence-electron chi connectivity index (χ3n) is 1.50. The van der Waals surface area contributed by atoms with Crippen LogP contribution in [-0.2, 0) is 0 Å². The smallest absolute Gasteiger partial charge is 0.114 e. The molecule has 12 heavy (non-hydrogen) atoms. The van der Waals surface area contributed by atoms with Crippen molar-refractivity contribution in [3.05, 3.63) is 18.1 Å². The number of furan rings is 1.